The van der Waals surface area contributed by atoms with E-state index in [2.05, 4.69) is 13.8 Å². The fraction of sp³-hybridized carbons (Fsp3) is 0.692. The maximum absolute atomic E-state index is 13.1. The normalized spacial score (nSPS) is 39.4. The summed E-state index contributed by atoms with van der Waals surface area (Å²) in [6, 6.07) is -1.08. The maximum Gasteiger partial charge on any atom is 0.323 e. The third-order valence-corrected chi connectivity index (χ3v) is 9.21. The molecule has 0 heterocycles. The van der Waals surface area contributed by atoms with Crippen molar-refractivity contribution in [2.24, 2.45) is 40.2 Å². The van der Waals surface area contributed by atoms with Crippen LogP contribution in [0.4, 0.5) is 0 Å². The zero-order chi connectivity index (χ0) is 24.8. The Labute approximate surface area is 199 Å². The van der Waals surface area contributed by atoms with E-state index in [1.54, 1.807) is 12.2 Å². The van der Waals surface area contributed by atoms with Crippen molar-refractivity contribution < 1.29 is 34.1 Å². The Bertz CT molecular complexity index is 955. The van der Waals surface area contributed by atoms with Gasteiger partial charge in [0.1, 0.15) is 12.6 Å². The van der Waals surface area contributed by atoms with Crippen molar-refractivity contribution in [3.8, 4) is 0 Å². The molecule has 0 saturated heterocycles. The molecule has 0 aromatic heterocycles. The summed E-state index contributed by atoms with van der Waals surface area (Å²) in [7, 11) is 0. The van der Waals surface area contributed by atoms with Crippen LogP contribution in [0, 0.1) is 34.5 Å². The third-order valence-electron chi connectivity index (χ3n) is 9.21. The summed E-state index contributed by atoms with van der Waals surface area (Å²) in [5.41, 5.74) is 6.05. The lowest BCUT2D eigenvalue weighted by atomic mass is 9.46. The molecule has 4 aliphatic carbocycles. The second kappa shape index (κ2) is 9.04. The highest BCUT2D eigenvalue weighted by Crippen LogP contribution is 2.66. The molecule has 0 aliphatic heterocycles. The number of ketones is 2. The number of aliphatic carboxylic acids is 1. The highest BCUT2D eigenvalue weighted by atomic mass is 16.5. The van der Waals surface area contributed by atoms with E-state index in [0.717, 1.165) is 24.8 Å². The molecule has 0 bridgehead atoms. The van der Waals surface area contributed by atoms with Crippen molar-refractivity contribution >= 4 is 23.5 Å². The topological polar surface area (TPSA) is 144 Å². The largest absolute Gasteiger partial charge is 0.481 e. The number of ether oxygens (including phenoxy) is 1. The van der Waals surface area contributed by atoms with Crippen LogP contribution in [0.3, 0.4) is 0 Å². The summed E-state index contributed by atoms with van der Waals surface area (Å²) in [4.78, 5) is 47.9. The fourth-order valence-electron chi connectivity index (χ4n) is 7.60. The smallest absolute Gasteiger partial charge is 0.323 e. The molecule has 4 aliphatic rings. The van der Waals surface area contributed by atoms with Gasteiger partial charge in [-0.3, -0.25) is 19.2 Å². The van der Waals surface area contributed by atoms with Crippen molar-refractivity contribution in [1.82, 2.24) is 0 Å². The monoisotopic (exact) mass is 473 g/mol. The first-order chi connectivity index (χ1) is 16.0. The Morgan fingerprint density at radius 2 is 1.97 bits per heavy atom. The molecule has 186 valence electrons. The Kier molecular flexibility index (Phi) is 6.59. The summed E-state index contributed by atoms with van der Waals surface area (Å²) in [6.45, 7) is 3.82. The molecular formula is C26H35NO7. The lowest BCUT2D eigenvalue weighted by Crippen LogP contribution is -2.56. The van der Waals surface area contributed by atoms with E-state index in [9.17, 15) is 24.3 Å². The second-order valence-corrected chi connectivity index (χ2v) is 11.0. The first-order valence-electron chi connectivity index (χ1n) is 12.3. The predicted octanol–water partition coefficient (Wildman–Crippen LogP) is 2.19. The Morgan fingerprint density at radius 1 is 1.24 bits per heavy atom. The van der Waals surface area contributed by atoms with Gasteiger partial charge in [0.25, 0.3) is 0 Å². The number of carbonyl (C=O) groups is 4. The quantitative estimate of drug-likeness (QED) is 0.477. The number of fused-ring (bicyclic) bond motifs is 5. The number of aliphatic hydroxyl groups excluding tert-OH is 1. The average molecular weight is 474 g/mol. The van der Waals surface area contributed by atoms with Crippen LogP contribution in [-0.2, 0) is 23.9 Å². The van der Waals surface area contributed by atoms with Crippen molar-refractivity contribution in [2.45, 2.75) is 70.9 Å². The molecule has 3 fully saturated rings. The number of hydrogen-bond acceptors (Lipinski definition) is 7. The summed E-state index contributed by atoms with van der Waals surface area (Å²) in [5, 5.41) is 20.1. The van der Waals surface area contributed by atoms with Crippen LogP contribution in [0.5, 0.6) is 0 Å². The van der Waals surface area contributed by atoms with E-state index in [0.29, 0.717) is 12.8 Å². The SMILES string of the molecule is CC12C=CC(=O)C=C1CCC1C2C(O)CC2(C)C1CC[C@@H]2C(=O)COC(=O)C(N)CCC(=O)O. The number of nitrogens with two attached hydrogens (primary N) is 1. The molecule has 3 saturated carbocycles. The van der Waals surface area contributed by atoms with E-state index in [1.165, 1.54) is 0 Å². The number of hydrogen-bond donors (Lipinski definition) is 3. The zero-order valence-corrected chi connectivity index (χ0v) is 19.9. The van der Waals surface area contributed by atoms with Crippen LogP contribution in [0.15, 0.2) is 23.8 Å². The molecule has 8 atom stereocenters. The van der Waals surface area contributed by atoms with Crippen LogP contribution >= 0.6 is 0 Å². The molecular weight excluding hydrogens is 438 g/mol. The minimum atomic E-state index is -1.08. The molecule has 0 spiro atoms. The number of carboxylic acids is 1. The molecule has 0 aromatic rings. The minimum Gasteiger partial charge on any atom is -0.481 e. The Morgan fingerprint density at radius 3 is 2.68 bits per heavy atom. The number of carboxylic acid groups (broad SMARTS) is 1. The van der Waals surface area contributed by atoms with Crippen molar-refractivity contribution in [3.05, 3.63) is 23.8 Å². The van der Waals surface area contributed by atoms with E-state index in [1.807, 2.05) is 6.08 Å². The third kappa shape index (κ3) is 4.15. The van der Waals surface area contributed by atoms with Gasteiger partial charge >= 0.3 is 11.9 Å². The fourth-order valence-corrected chi connectivity index (χ4v) is 7.60. The number of rotatable bonds is 7. The average Bonchev–Trinajstić information content (AvgIpc) is 3.12. The Balaban J connectivity index is 1.45. The Hall–Kier alpha value is -2.32. The predicted molar refractivity (Wildman–Crippen MR) is 122 cm³/mol. The van der Waals surface area contributed by atoms with E-state index < -0.39 is 24.1 Å². The molecule has 4 N–H and O–H groups in total. The lowest BCUT2D eigenvalue weighted by Gasteiger charge is -2.58. The summed E-state index contributed by atoms with van der Waals surface area (Å²) >= 11 is 0. The first-order valence-corrected chi connectivity index (χ1v) is 12.3. The van der Waals surface area contributed by atoms with Gasteiger partial charge in [-0.25, -0.2) is 0 Å². The van der Waals surface area contributed by atoms with Crippen LogP contribution in [0.25, 0.3) is 0 Å². The van der Waals surface area contributed by atoms with Crippen LogP contribution in [0.1, 0.15) is 58.8 Å². The number of esters is 1. The second-order valence-electron chi connectivity index (χ2n) is 11.0. The van der Waals surface area contributed by atoms with E-state index >= 15 is 0 Å². The van der Waals surface area contributed by atoms with Crippen LogP contribution in [-0.4, -0.2) is 52.5 Å². The first kappa shape index (κ1) is 24.8. The molecule has 0 radical (unpaired) electrons. The van der Waals surface area contributed by atoms with Gasteiger partial charge in [0.15, 0.2) is 11.6 Å². The summed E-state index contributed by atoms with van der Waals surface area (Å²) in [6.07, 6.45) is 8.19. The number of Topliss-reactive ketones (excluding diaryl/α,β-unsaturated/α-hetero) is 1. The van der Waals surface area contributed by atoms with Gasteiger partial charge in [-0.1, -0.05) is 25.5 Å². The minimum absolute atomic E-state index is 0.00446. The van der Waals surface area contributed by atoms with E-state index in [4.69, 9.17) is 15.6 Å². The van der Waals surface area contributed by atoms with Crippen molar-refractivity contribution in [3.63, 3.8) is 0 Å². The van der Waals surface area contributed by atoms with Gasteiger partial charge in [0.05, 0.1) is 6.10 Å². The van der Waals surface area contributed by atoms with Gasteiger partial charge in [-0.05, 0) is 67.9 Å². The van der Waals surface area contributed by atoms with Gasteiger partial charge in [0.2, 0.25) is 0 Å². The molecule has 34 heavy (non-hydrogen) atoms. The lowest BCUT2D eigenvalue weighted by molar-refractivity contribution is -0.154. The number of allylic oxidation sites excluding steroid dienone is 4. The molecule has 4 rings (SSSR count). The summed E-state index contributed by atoms with van der Waals surface area (Å²) in [5.74, 6) is -1.77. The van der Waals surface area contributed by atoms with Gasteiger partial charge in [0, 0.05) is 23.7 Å². The van der Waals surface area contributed by atoms with Crippen LogP contribution in [0.2, 0.25) is 0 Å². The summed E-state index contributed by atoms with van der Waals surface area (Å²) < 4.78 is 5.15. The number of aliphatic hydroxyl groups is 1. The highest BCUT2D eigenvalue weighted by Gasteiger charge is 2.62. The molecule has 0 amide bonds. The molecule has 8 nitrogen and oxygen atoms in total. The van der Waals surface area contributed by atoms with Crippen LogP contribution < -0.4 is 5.73 Å². The van der Waals surface area contributed by atoms with E-state index in [-0.39, 0.29) is 65.5 Å². The van der Waals surface area contributed by atoms with Gasteiger partial charge < -0.3 is 20.7 Å². The standard InChI is InChI=1S/C26H35NO7/c1-25-10-9-15(28)11-14(25)3-4-16-17-5-6-18(26(17,2)12-20(29)23(16)25)21(30)13-34-24(33)19(27)7-8-22(31)32/h9-11,16-20,23,29H,3-8,12-13,27H2,1-2H3,(H,31,32)/t16?,17?,18-,19?,20?,23?,25?,26?/m1/s1. The van der Waals surface area contributed by atoms with Gasteiger partial charge in [-0.2, -0.15) is 0 Å². The molecule has 7 unspecified atom stereocenters. The maximum atomic E-state index is 13.1. The van der Waals surface area contributed by atoms with Crippen molar-refractivity contribution in [2.75, 3.05) is 6.61 Å². The number of carbonyl (C=O) groups excluding carboxylic acids is 3. The van der Waals surface area contributed by atoms with Crippen molar-refractivity contribution in [1.29, 1.82) is 0 Å². The molecule has 0 aromatic carbocycles. The molecule has 8 heteroatoms. The van der Waals surface area contributed by atoms with Gasteiger partial charge in [-0.15, -0.1) is 0 Å². The zero-order valence-electron chi connectivity index (χ0n) is 19.9. The highest BCUT2D eigenvalue weighted by molar-refractivity contribution is 6.01.